The van der Waals surface area contributed by atoms with E-state index in [2.05, 4.69) is 0 Å². The molecular weight excluding hydrogens is 176 g/mol. The Labute approximate surface area is 74.8 Å². The molecule has 0 aliphatic heterocycles. The van der Waals surface area contributed by atoms with Crippen molar-refractivity contribution in [3.8, 4) is 0 Å². The molecule has 1 atom stereocenters. The van der Waals surface area contributed by atoms with Crippen LogP contribution in [0.25, 0.3) is 0 Å². The number of hydrogen-bond acceptors (Lipinski definition) is 4. The van der Waals surface area contributed by atoms with Crippen molar-refractivity contribution in [3.05, 3.63) is 0 Å². The number of aliphatic hydroxyl groups excluding tert-OH is 1. The van der Waals surface area contributed by atoms with Crippen LogP contribution in [-0.2, 0) is 13.3 Å². The summed E-state index contributed by atoms with van der Waals surface area (Å²) in [4.78, 5) is 0. The van der Waals surface area contributed by atoms with Crippen LogP contribution in [0, 0.1) is 0 Å². The summed E-state index contributed by atoms with van der Waals surface area (Å²) in [6.45, 7) is 3.96. The van der Waals surface area contributed by atoms with Crippen molar-refractivity contribution in [3.63, 3.8) is 0 Å². The molecule has 5 heteroatoms. The average molecular weight is 194 g/mol. The van der Waals surface area contributed by atoms with Crippen molar-refractivity contribution < 1.29 is 18.4 Å². The normalized spacial score (nSPS) is 14.8. The highest BCUT2D eigenvalue weighted by atomic mass is 28.4. The van der Waals surface area contributed by atoms with E-state index in [1.165, 1.54) is 0 Å². The lowest BCUT2D eigenvalue weighted by Gasteiger charge is -2.23. The van der Waals surface area contributed by atoms with E-state index < -0.39 is 14.9 Å². The fourth-order valence-electron chi connectivity index (χ4n) is 0.567. The molecule has 0 rings (SSSR count). The van der Waals surface area contributed by atoms with Gasteiger partial charge in [-0.2, -0.15) is 0 Å². The van der Waals surface area contributed by atoms with Crippen LogP contribution in [0.2, 0.25) is 6.55 Å². The predicted octanol–water partition coefficient (Wildman–Crippen LogP) is 0.635. The summed E-state index contributed by atoms with van der Waals surface area (Å²) in [5.74, 6) is 0. The third-order valence-corrected chi connectivity index (χ3v) is 3.92. The molecule has 0 amide bonds. The van der Waals surface area contributed by atoms with E-state index in [9.17, 15) is 5.11 Å². The van der Waals surface area contributed by atoms with Gasteiger partial charge in [-0.1, -0.05) is 6.92 Å². The van der Waals surface area contributed by atoms with Crippen LogP contribution in [0.3, 0.4) is 0 Å². The van der Waals surface area contributed by atoms with Crippen molar-refractivity contribution in [1.82, 2.24) is 0 Å². The Morgan fingerprint density at radius 3 is 2.17 bits per heavy atom. The lowest BCUT2D eigenvalue weighted by molar-refractivity contribution is 0.0444. The van der Waals surface area contributed by atoms with Crippen molar-refractivity contribution in [1.29, 1.82) is 0 Å². The van der Waals surface area contributed by atoms with Gasteiger partial charge in [-0.25, -0.2) is 0 Å². The van der Waals surface area contributed by atoms with Crippen LogP contribution >= 0.6 is 0 Å². The summed E-state index contributed by atoms with van der Waals surface area (Å²) < 4.78 is 15.5. The minimum absolute atomic E-state index is 0.279. The molecular formula is C7H18O4Si. The third kappa shape index (κ3) is 4.17. The number of hydrogen-bond donors (Lipinski definition) is 1. The van der Waals surface area contributed by atoms with Crippen LogP contribution in [-0.4, -0.2) is 40.8 Å². The summed E-state index contributed by atoms with van der Waals surface area (Å²) in [5, 5.41) is 9.20. The van der Waals surface area contributed by atoms with Crippen LogP contribution < -0.4 is 0 Å². The van der Waals surface area contributed by atoms with Crippen molar-refractivity contribution >= 4 is 8.80 Å². The number of aliphatic hydroxyl groups is 1. The highest BCUT2D eigenvalue weighted by molar-refractivity contribution is 6.59. The van der Waals surface area contributed by atoms with Crippen LogP contribution in [0.15, 0.2) is 0 Å². The zero-order valence-electron chi connectivity index (χ0n) is 8.16. The van der Waals surface area contributed by atoms with E-state index in [0.29, 0.717) is 6.42 Å². The molecule has 0 aliphatic rings. The fraction of sp³-hybridized carbons (Fsp3) is 1.00. The quantitative estimate of drug-likeness (QED) is 0.630. The summed E-state index contributed by atoms with van der Waals surface area (Å²) in [6, 6.07) is 0. The second kappa shape index (κ2) is 5.66. The Bertz CT molecular complexity index is 116. The highest BCUT2D eigenvalue weighted by Gasteiger charge is 2.32. The Balaban J connectivity index is 3.72. The highest BCUT2D eigenvalue weighted by Crippen LogP contribution is 2.07. The molecule has 0 saturated carbocycles. The molecule has 0 radical (unpaired) electrons. The molecule has 0 aliphatic carbocycles. The van der Waals surface area contributed by atoms with E-state index in [1.807, 2.05) is 6.92 Å². The minimum atomic E-state index is -2.44. The van der Waals surface area contributed by atoms with Gasteiger partial charge in [0.2, 0.25) is 0 Å². The van der Waals surface area contributed by atoms with E-state index in [0.717, 1.165) is 0 Å². The van der Waals surface area contributed by atoms with Crippen LogP contribution in [0.4, 0.5) is 0 Å². The minimum Gasteiger partial charge on any atom is -0.391 e. The third-order valence-electron chi connectivity index (χ3n) is 1.75. The van der Waals surface area contributed by atoms with Gasteiger partial charge in [-0.3, -0.25) is 0 Å². The lowest BCUT2D eigenvalue weighted by Crippen LogP contribution is -2.42. The molecule has 0 saturated heterocycles. The first-order valence-electron chi connectivity index (χ1n) is 4.00. The second-order valence-corrected chi connectivity index (χ2v) is 5.47. The summed E-state index contributed by atoms with van der Waals surface area (Å²) in [7, 11) is 0.663. The maximum atomic E-state index is 9.20. The summed E-state index contributed by atoms with van der Waals surface area (Å²) >= 11 is 0. The van der Waals surface area contributed by atoms with Crippen molar-refractivity contribution in [2.45, 2.75) is 26.0 Å². The van der Waals surface area contributed by atoms with Gasteiger partial charge in [0.05, 0.1) is 12.7 Å². The van der Waals surface area contributed by atoms with Gasteiger partial charge in [-0.15, -0.1) is 0 Å². The molecule has 74 valence electrons. The average Bonchev–Trinajstić information content (AvgIpc) is 2.13. The molecule has 0 bridgehead atoms. The molecule has 4 nitrogen and oxygen atoms in total. The first-order valence-corrected chi connectivity index (χ1v) is 6.22. The SMILES string of the molecule is CCC(O)CO[Si](C)(OC)OC. The zero-order valence-corrected chi connectivity index (χ0v) is 9.16. The molecule has 0 aromatic heterocycles. The standard InChI is InChI=1S/C7H18O4Si/c1-5-7(8)6-11-12(4,9-2)10-3/h7-8H,5-6H2,1-4H3. The van der Waals surface area contributed by atoms with Gasteiger partial charge in [0.1, 0.15) is 0 Å². The first-order chi connectivity index (χ1) is 5.58. The molecule has 0 spiro atoms. The smallest absolute Gasteiger partial charge is 0.391 e. The second-order valence-electron chi connectivity index (χ2n) is 2.64. The molecule has 0 aromatic rings. The maximum absolute atomic E-state index is 9.20. The van der Waals surface area contributed by atoms with E-state index in [1.54, 1.807) is 20.8 Å². The molecule has 12 heavy (non-hydrogen) atoms. The van der Waals surface area contributed by atoms with E-state index in [4.69, 9.17) is 13.3 Å². The first kappa shape index (κ1) is 12.1. The molecule has 0 heterocycles. The Kier molecular flexibility index (Phi) is 5.69. The molecule has 1 N–H and O–H groups in total. The van der Waals surface area contributed by atoms with E-state index >= 15 is 0 Å². The largest absolute Gasteiger partial charge is 0.497 e. The molecule has 1 unspecified atom stereocenters. The van der Waals surface area contributed by atoms with E-state index in [-0.39, 0.29) is 6.61 Å². The van der Waals surface area contributed by atoms with Gasteiger partial charge in [0, 0.05) is 20.8 Å². The maximum Gasteiger partial charge on any atom is 0.497 e. The Hall–Kier alpha value is 0.0569. The molecule has 0 fully saturated rings. The predicted molar refractivity (Wildman–Crippen MR) is 47.9 cm³/mol. The van der Waals surface area contributed by atoms with Gasteiger partial charge in [-0.05, 0) is 6.42 Å². The lowest BCUT2D eigenvalue weighted by atomic mass is 10.3. The topological polar surface area (TPSA) is 47.9 Å². The summed E-state index contributed by atoms with van der Waals surface area (Å²) in [5.41, 5.74) is 0. The summed E-state index contributed by atoms with van der Waals surface area (Å²) in [6.07, 6.45) is 0.250. The van der Waals surface area contributed by atoms with Gasteiger partial charge >= 0.3 is 8.80 Å². The van der Waals surface area contributed by atoms with Gasteiger partial charge < -0.3 is 18.4 Å². The van der Waals surface area contributed by atoms with Gasteiger partial charge in [0.25, 0.3) is 0 Å². The van der Waals surface area contributed by atoms with Gasteiger partial charge in [0.15, 0.2) is 0 Å². The monoisotopic (exact) mass is 194 g/mol. The Morgan fingerprint density at radius 2 is 1.83 bits per heavy atom. The van der Waals surface area contributed by atoms with Crippen LogP contribution in [0.1, 0.15) is 13.3 Å². The van der Waals surface area contributed by atoms with Crippen molar-refractivity contribution in [2.75, 3.05) is 20.8 Å². The van der Waals surface area contributed by atoms with Crippen molar-refractivity contribution in [2.24, 2.45) is 0 Å². The Morgan fingerprint density at radius 1 is 1.33 bits per heavy atom. The van der Waals surface area contributed by atoms with Crippen LogP contribution in [0.5, 0.6) is 0 Å². The fourth-order valence-corrected chi connectivity index (χ4v) is 1.46. The molecule has 0 aromatic carbocycles. The zero-order chi connectivity index (χ0) is 9.61. The number of rotatable bonds is 6.